The maximum absolute atomic E-state index is 13.0. The molecule has 2 aromatic heterocycles. The third-order valence-electron chi connectivity index (χ3n) is 5.02. The number of halogens is 1. The number of nitrogens with zero attached hydrogens (tertiary/aromatic N) is 4. The van der Waals surface area contributed by atoms with Crippen molar-refractivity contribution in [1.82, 2.24) is 14.8 Å². The molecule has 34 heavy (non-hydrogen) atoms. The first-order chi connectivity index (χ1) is 16.2. The van der Waals surface area contributed by atoms with Crippen molar-refractivity contribution >= 4 is 45.9 Å². The van der Waals surface area contributed by atoms with E-state index in [1.54, 1.807) is 24.7 Å². The summed E-state index contributed by atoms with van der Waals surface area (Å²) in [5, 5.41) is 18.6. The van der Waals surface area contributed by atoms with E-state index in [9.17, 15) is 19.7 Å². The highest BCUT2D eigenvalue weighted by Gasteiger charge is 2.22. The second-order valence-electron chi connectivity index (χ2n) is 7.37. The summed E-state index contributed by atoms with van der Waals surface area (Å²) in [6.45, 7) is 1.10. The second-order valence-corrected chi connectivity index (χ2v) is 7.81. The van der Waals surface area contributed by atoms with Crippen LogP contribution in [0.4, 0.5) is 11.4 Å². The van der Waals surface area contributed by atoms with Gasteiger partial charge < -0.3 is 10.1 Å². The van der Waals surface area contributed by atoms with Crippen LogP contribution in [0.3, 0.4) is 0 Å². The number of anilines is 1. The molecule has 0 saturated heterocycles. The van der Waals surface area contributed by atoms with Crippen LogP contribution < -0.4 is 5.32 Å². The number of pyridine rings is 1. The van der Waals surface area contributed by atoms with E-state index in [2.05, 4.69) is 15.4 Å². The van der Waals surface area contributed by atoms with Crippen molar-refractivity contribution in [3.63, 3.8) is 0 Å². The van der Waals surface area contributed by atoms with Crippen LogP contribution in [0.2, 0.25) is 5.02 Å². The molecule has 0 spiro atoms. The third kappa shape index (κ3) is 4.57. The van der Waals surface area contributed by atoms with Gasteiger partial charge in [-0.3, -0.25) is 19.6 Å². The highest BCUT2D eigenvalue weighted by Crippen LogP contribution is 2.29. The van der Waals surface area contributed by atoms with Crippen molar-refractivity contribution in [1.29, 1.82) is 0 Å². The molecule has 0 atom stereocenters. The molecule has 1 N–H and O–H groups in total. The van der Waals surface area contributed by atoms with Crippen LogP contribution in [0, 0.1) is 17.0 Å². The van der Waals surface area contributed by atoms with Crippen molar-refractivity contribution in [3.05, 3.63) is 81.0 Å². The lowest BCUT2D eigenvalue weighted by Gasteiger charge is -2.10. The Morgan fingerprint density at radius 2 is 1.91 bits per heavy atom. The predicted molar refractivity (Wildman–Crippen MR) is 126 cm³/mol. The number of aryl methyl sites for hydroxylation is 2. The molecule has 4 rings (SSSR count). The Balaban J connectivity index is 1.59. The van der Waals surface area contributed by atoms with E-state index in [-0.39, 0.29) is 22.0 Å². The standard InChI is InChI=1S/C23H18ClN5O5/c1-13-21-16(11-18(14-6-4-3-5-7-14)26-22(21)28(2)27-13)23(31)34-12-20(30)25-17-9-8-15(24)10-19(17)29(32)33/h3-11H,12H2,1-2H3,(H,25,30). The Morgan fingerprint density at radius 1 is 1.18 bits per heavy atom. The number of fused-ring (bicyclic) bond motifs is 1. The Kier molecular flexibility index (Phi) is 6.24. The minimum atomic E-state index is -0.749. The van der Waals surface area contributed by atoms with Gasteiger partial charge in [0.05, 0.1) is 27.3 Å². The molecule has 10 nitrogen and oxygen atoms in total. The Morgan fingerprint density at radius 3 is 2.62 bits per heavy atom. The van der Waals surface area contributed by atoms with Crippen LogP contribution in [0.15, 0.2) is 54.6 Å². The molecule has 0 unspecified atom stereocenters. The average Bonchev–Trinajstić information content (AvgIpc) is 3.11. The van der Waals surface area contributed by atoms with Gasteiger partial charge >= 0.3 is 5.97 Å². The van der Waals surface area contributed by atoms with E-state index >= 15 is 0 Å². The number of esters is 1. The van der Waals surface area contributed by atoms with Crippen molar-refractivity contribution in [2.75, 3.05) is 11.9 Å². The highest BCUT2D eigenvalue weighted by atomic mass is 35.5. The summed E-state index contributed by atoms with van der Waals surface area (Å²) in [6.07, 6.45) is 0. The number of aromatic nitrogens is 3. The number of hydrogen-bond acceptors (Lipinski definition) is 7. The summed E-state index contributed by atoms with van der Waals surface area (Å²) >= 11 is 5.79. The first kappa shape index (κ1) is 22.9. The number of benzene rings is 2. The molecule has 0 fully saturated rings. The van der Waals surface area contributed by atoms with Gasteiger partial charge in [0.2, 0.25) is 0 Å². The minimum Gasteiger partial charge on any atom is -0.452 e. The minimum absolute atomic E-state index is 0.0591. The fourth-order valence-corrected chi connectivity index (χ4v) is 3.69. The quantitative estimate of drug-likeness (QED) is 0.248. The zero-order valence-electron chi connectivity index (χ0n) is 18.1. The van der Waals surface area contributed by atoms with Crippen LogP contribution in [0.1, 0.15) is 16.1 Å². The predicted octanol–water partition coefficient (Wildman–Crippen LogP) is 4.30. The molecule has 2 heterocycles. The number of nitrogens with one attached hydrogen (secondary N) is 1. The number of nitro groups is 1. The van der Waals surface area contributed by atoms with Gasteiger partial charge in [0.25, 0.3) is 11.6 Å². The molecule has 11 heteroatoms. The average molecular weight is 480 g/mol. The number of amides is 1. The lowest BCUT2D eigenvalue weighted by atomic mass is 10.1. The molecular weight excluding hydrogens is 462 g/mol. The summed E-state index contributed by atoms with van der Waals surface area (Å²) in [7, 11) is 1.72. The number of hydrogen-bond donors (Lipinski definition) is 1. The van der Waals surface area contributed by atoms with Crippen LogP contribution >= 0.6 is 11.6 Å². The molecule has 172 valence electrons. The molecule has 2 aromatic carbocycles. The van der Waals surface area contributed by atoms with Crippen LogP contribution in [0.25, 0.3) is 22.3 Å². The number of rotatable bonds is 6. The van der Waals surface area contributed by atoms with E-state index < -0.39 is 23.4 Å². The zero-order valence-corrected chi connectivity index (χ0v) is 18.9. The van der Waals surface area contributed by atoms with Gasteiger partial charge in [-0.05, 0) is 25.1 Å². The smallest absolute Gasteiger partial charge is 0.339 e. The molecule has 0 radical (unpaired) electrons. The van der Waals surface area contributed by atoms with Crippen molar-refractivity contribution < 1.29 is 19.2 Å². The van der Waals surface area contributed by atoms with E-state index in [1.165, 1.54) is 12.1 Å². The topological polar surface area (TPSA) is 129 Å². The lowest BCUT2D eigenvalue weighted by Crippen LogP contribution is -2.21. The first-order valence-corrected chi connectivity index (χ1v) is 10.4. The van der Waals surface area contributed by atoms with E-state index in [4.69, 9.17) is 16.3 Å². The molecule has 0 aliphatic rings. The van der Waals surface area contributed by atoms with Crippen molar-refractivity contribution in [2.24, 2.45) is 7.05 Å². The molecule has 1 amide bonds. The van der Waals surface area contributed by atoms with Gasteiger partial charge in [-0.25, -0.2) is 9.78 Å². The lowest BCUT2D eigenvalue weighted by molar-refractivity contribution is -0.383. The molecule has 0 saturated carbocycles. The van der Waals surface area contributed by atoms with Crippen molar-refractivity contribution in [3.8, 4) is 11.3 Å². The van der Waals surface area contributed by atoms with Crippen LogP contribution in [-0.4, -0.2) is 38.2 Å². The summed E-state index contributed by atoms with van der Waals surface area (Å²) in [5.74, 6) is -1.49. The van der Waals surface area contributed by atoms with Gasteiger partial charge in [-0.2, -0.15) is 5.10 Å². The largest absolute Gasteiger partial charge is 0.452 e. The second kappa shape index (κ2) is 9.28. The Bertz CT molecular complexity index is 1430. The summed E-state index contributed by atoms with van der Waals surface area (Å²) in [4.78, 5) is 40.5. The van der Waals surface area contributed by atoms with Gasteiger partial charge in [-0.15, -0.1) is 0 Å². The van der Waals surface area contributed by atoms with Gasteiger partial charge in [-0.1, -0.05) is 41.9 Å². The monoisotopic (exact) mass is 479 g/mol. The van der Waals surface area contributed by atoms with E-state index in [1.807, 2.05) is 30.3 Å². The zero-order chi connectivity index (χ0) is 24.4. The van der Waals surface area contributed by atoms with Gasteiger partial charge in [0.1, 0.15) is 5.69 Å². The summed E-state index contributed by atoms with van der Waals surface area (Å²) < 4.78 is 6.81. The van der Waals surface area contributed by atoms with Crippen LogP contribution in [0.5, 0.6) is 0 Å². The maximum atomic E-state index is 13.0. The molecule has 0 bridgehead atoms. The van der Waals surface area contributed by atoms with Crippen molar-refractivity contribution in [2.45, 2.75) is 6.92 Å². The van der Waals surface area contributed by atoms with Gasteiger partial charge in [0.15, 0.2) is 12.3 Å². The Hall–Kier alpha value is -4.31. The normalized spacial score (nSPS) is 10.8. The number of ether oxygens (including phenoxy) is 1. The fraction of sp³-hybridized carbons (Fsp3) is 0.130. The SMILES string of the molecule is Cc1nn(C)c2nc(-c3ccccc3)cc(C(=O)OCC(=O)Nc3ccc(Cl)cc3[N+](=O)[O-])c12. The maximum Gasteiger partial charge on any atom is 0.339 e. The number of carbonyl (C=O) groups is 2. The van der Waals surface area contributed by atoms with E-state index in [0.29, 0.717) is 22.4 Å². The summed E-state index contributed by atoms with van der Waals surface area (Å²) in [5.41, 5.74) is 2.19. The number of carbonyl (C=O) groups excluding carboxylic acids is 2. The third-order valence-corrected chi connectivity index (χ3v) is 5.26. The van der Waals surface area contributed by atoms with Crippen LogP contribution in [-0.2, 0) is 16.6 Å². The van der Waals surface area contributed by atoms with E-state index in [0.717, 1.165) is 11.6 Å². The Labute approximate surface area is 198 Å². The molecule has 4 aromatic rings. The van der Waals surface area contributed by atoms with Gasteiger partial charge in [0, 0.05) is 23.7 Å². The molecular formula is C23H18ClN5O5. The first-order valence-electron chi connectivity index (χ1n) is 10.1. The fourth-order valence-electron chi connectivity index (χ4n) is 3.52. The molecule has 0 aliphatic heterocycles. The molecule has 0 aliphatic carbocycles. The summed E-state index contributed by atoms with van der Waals surface area (Å²) in [6, 6.07) is 14.7. The highest BCUT2D eigenvalue weighted by molar-refractivity contribution is 6.31. The number of nitro benzene ring substituents is 1.